The number of methoxy groups -OCH3 is 4. The first-order valence-corrected chi connectivity index (χ1v) is 9.06. The first kappa shape index (κ1) is 17.8. The molecule has 144 valence electrons. The van der Waals surface area contributed by atoms with Gasteiger partial charge in [0.25, 0.3) is 0 Å². The van der Waals surface area contributed by atoms with Crippen LogP contribution in [0.4, 0.5) is 0 Å². The van der Waals surface area contributed by atoms with Crippen LogP contribution >= 0.6 is 0 Å². The van der Waals surface area contributed by atoms with E-state index in [0.29, 0.717) is 11.5 Å². The highest BCUT2D eigenvalue weighted by Crippen LogP contribution is 2.50. The van der Waals surface area contributed by atoms with Crippen LogP contribution in [-0.4, -0.2) is 45.0 Å². The van der Waals surface area contributed by atoms with Crippen LogP contribution in [0.1, 0.15) is 28.3 Å². The molecule has 2 aliphatic rings. The molecular formula is C21H25NO5. The van der Waals surface area contributed by atoms with Crippen LogP contribution in [0.25, 0.3) is 0 Å². The molecule has 6 nitrogen and oxygen atoms in total. The quantitative estimate of drug-likeness (QED) is 0.891. The second-order valence-corrected chi connectivity index (χ2v) is 6.91. The molecular weight excluding hydrogens is 346 g/mol. The molecule has 0 saturated heterocycles. The lowest BCUT2D eigenvalue weighted by atomic mass is 9.83. The van der Waals surface area contributed by atoms with E-state index >= 15 is 0 Å². The van der Waals surface area contributed by atoms with Gasteiger partial charge in [0.15, 0.2) is 23.0 Å². The number of hydrogen-bond acceptors (Lipinski definition) is 6. The van der Waals surface area contributed by atoms with E-state index in [2.05, 4.69) is 11.0 Å². The summed E-state index contributed by atoms with van der Waals surface area (Å²) in [6.07, 6.45) is 1.65. The minimum atomic E-state index is 0.0964. The van der Waals surface area contributed by atoms with Gasteiger partial charge in [-0.15, -0.1) is 0 Å². The molecule has 2 aromatic rings. The molecule has 1 atom stereocenters. The lowest BCUT2D eigenvalue weighted by molar-refractivity contribution is 0.153. The van der Waals surface area contributed by atoms with E-state index in [1.165, 1.54) is 5.56 Å². The third-order valence-electron chi connectivity index (χ3n) is 5.73. The maximum absolute atomic E-state index is 10.9. The van der Waals surface area contributed by atoms with E-state index in [9.17, 15) is 5.11 Å². The van der Waals surface area contributed by atoms with Crippen LogP contribution in [0, 0.1) is 0 Å². The monoisotopic (exact) mass is 371 g/mol. The standard InChI is InChI=1S/C21H25NO5/c1-24-16-6-5-12-9-15-18-13(10-17(25-2)21(27-4)19(18)23)7-8-22(15)11-14(12)20(16)26-3/h5-6,10,15,23H,7-9,11H2,1-4H3/t15-/m0/s1. The molecule has 1 N–H and O–H groups in total. The largest absolute Gasteiger partial charge is 0.504 e. The van der Waals surface area contributed by atoms with E-state index in [1.807, 2.05) is 12.1 Å². The van der Waals surface area contributed by atoms with Crippen molar-refractivity contribution in [1.82, 2.24) is 4.90 Å². The Morgan fingerprint density at radius 2 is 1.67 bits per heavy atom. The minimum absolute atomic E-state index is 0.0964. The Bertz CT molecular complexity index is 880. The summed E-state index contributed by atoms with van der Waals surface area (Å²) < 4.78 is 21.9. The van der Waals surface area contributed by atoms with Crippen LogP contribution in [-0.2, 0) is 19.4 Å². The highest BCUT2D eigenvalue weighted by atomic mass is 16.5. The Labute approximate surface area is 159 Å². The van der Waals surface area contributed by atoms with Gasteiger partial charge in [-0.05, 0) is 36.1 Å². The van der Waals surface area contributed by atoms with Gasteiger partial charge in [0.1, 0.15) is 0 Å². The maximum atomic E-state index is 10.9. The molecule has 2 aliphatic heterocycles. The number of phenols is 1. The second-order valence-electron chi connectivity index (χ2n) is 6.91. The minimum Gasteiger partial charge on any atom is -0.504 e. The van der Waals surface area contributed by atoms with Crippen molar-refractivity contribution in [1.29, 1.82) is 0 Å². The van der Waals surface area contributed by atoms with E-state index in [1.54, 1.807) is 28.4 Å². The summed E-state index contributed by atoms with van der Waals surface area (Å²) in [5.41, 5.74) is 4.45. The summed E-state index contributed by atoms with van der Waals surface area (Å²) in [5, 5.41) is 10.9. The number of benzene rings is 2. The molecule has 2 aromatic carbocycles. The molecule has 0 bridgehead atoms. The average molecular weight is 371 g/mol. The highest BCUT2D eigenvalue weighted by Gasteiger charge is 2.37. The smallest absolute Gasteiger partial charge is 0.203 e. The van der Waals surface area contributed by atoms with Crippen molar-refractivity contribution in [3.05, 3.63) is 40.5 Å². The molecule has 0 aliphatic carbocycles. The first-order valence-electron chi connectivity index (χ1n) is 9.06. The van der Waals surface area contributed by atoms with Crippen molar-refractivity contribution in [3.8, 4) is 28.7 Å². The van der Waals surface area contributed by atoms with Crippen molar-refractivity contribution >= 4 is 0 Å². The average Bonchev–Trinajstić information content (AvgIpc) is 2.70. The van der Waals surface area contributed by atoms with Gasteiger partial charge < -0.3 is 24.1 Å². The number of nitrogens with zero attached hydrogens (tertiary/aromatic N) is 1. The fraction of sp³-hybridized carbons (Fsp3) is 0.429. The number of phenolic OH excluding ortho intramolecular Hbond substituents is 1. The molecule has 0 aromatic heterocycles. The van der Waals surface area contributed by atoms with Crippen molar-refractivity contribution in [2.24, 2.45) is 0 Å². The zero-order chi connectivity index (χ0) is 19.1. The molecule has 27 heavy (non-hydrogen) atoms. The lowest BCUT2D eigenvalue weighted by Gasteiger charge is -2.42. The summed E-state index contributed by atoms with van der Waals surface area (Å²) in [6, 6.07) is 6.14. The summed E-state index contributed by atoms with van der Waals surface area (Å²) in [6.45, 7) is 1.67. The number of ether oxygens (including phenoxy) is 4. The predicted octanol–water partition coefficient (Wildman–Crippen LogP) is 3.08. The highest BCUT2D eigenvalue weighted by molar-refractivity contribution is 5.61. The van der Waals surface area contributed by atoms with Gasteiger partial charge in [0.2, 0.25) is 5.75 Å². The Kier molecular flexibility index (Phi) is 4.52. The van der Waals surface area contributed by atoms with E-state index in [-0.39, 0.29) is 11.8 Å². The number of rotatable bonds is 4. The first-order chi connectivity index (χ1) is 13.1. The van der Waals surface area contributed by atoms with Gasteiger partial charge in [0, 0.05) is 30.3 Å². The number of hydrogen-bond donors (Lipinski definition) is 1. The van der Waals surface area contributed by atoms with Crippen molar-refractivity contribution in [2.45, 2.75) is 25.4 Å². The molecule has 6 heteroatoms. The van der Waals surface area contributed by atoms with Gasteiger partial charge in [0.05, 0.1) is 28.4 Å². The second kappa shape index (κ2) is 6.85. The lowest BCUT2D eigenvalue weighted by Crippen LogP contribution is -2.39. The van der Waals surface area contributed by atoms with Gasteiger partial charge in [-0.3, -0.25) is 4.90 Å². The van der Waals surface area contributed by atoms with Gasteiger partial charge in [-0.2, -0.15) is 0 Å². The van der Waals surface area contributed by atoms with Crippen molar-refractivity contribution in [3.63, 3.8) is 0 Å². The third kappa shape index (κ3) is 2.67. The van der Waals surface area contributed by atoms with Crippen molar-refractivity contribution in [2.75, 3.05) is 35.0 Å². The van der Waals surface area contributed by atoms with Gasteiger partial charge >= 0.3 is 0 Å². The zero-order valence-corrected chi connectivity index (χ0v) is 16.2. The summed E-state index contributed by atoms with van der Waals surface area (Å²) in [4.78, 5) is 2.39. The predicted molar refractivity (Wildman–Crippen MR) is 101 cm³/mol. The normalized spacial score (nSPS) is 18.1. The summed E-state index contributed by atoms with van der Waals surface area (Å²) >= 11 is 0. The van der Waals surface area contributed by atoms with Crippen LogP contribution in [0.2, 0.25) is 0 Å². The molecule has 0 unspecified atom stereocenters. The molecule has 2 heterocycles. The Morgan fingerprint density at radius 1 is 0.926 bits per heavy atom. The molecule has 0 fully saturated rings. The molecule has 4 rings (SSSR count). The van der Waals surface area contributed by atoms with Crippen LogP contribution in [0.5, 0.6) is 28.7 Å². The van der Waals surface area contributed by atoms with Crippen LogP contribution < -0.4 is 18.9 Å². The summed E-state index contributed by atoms with van der Waals surface area (Å²) in [5.74, 6) is 2.71. The van der Waals surface area contributed by atoms with Gasteiger partial charge in [-0.1, -0.05) is 6.07 Å². The van der Waals surface area contributed by atoms with Crippen LogP contribution in [0.3, 0.4) is 0 Å². The van der Waals surface area contributed by atoms with Crippen molar-refractivity contribution < 1.29 is 24.1 Å². The fourth-order valence-corrected chi connectivity index (χ4v) is 4.45. The third-order valence-corrected chi connectivity index (χ3v) is 5.73. The van der Waals surface area contributed by atoms with Crippen LogP contribution in [0.15, 0.2) is 18.2 Å². The molecule has 0 spiro atoms. The SMILES string of the molecule is COc1cc2c(c(O)c1OC)[C@@H]1Cc3ccc(OC)c(OC)c3CN1CC2. The molecule has 0 radical (unpaired) electrons. The van der Waals surface area contributed by atoms with Gasteiger partial charge in [-0.25, -0.2) is 0 Å². The maximum Gasteiger partial charge on any atom is 0.203 e. The Hall–Kier alpha value is -2.60. The topological polar surface area (TPSA) is 60.4 Å². The summed E-state index contributed by atoms with van der Waals surface area (Å²) in [7, 11) is 6.48. The number of aromatic hydroxyl groups is 1. The van der Waals surface area contributed by atoms with E-state index in [4.69, 9.17) is 18.9 Å². The Balaban J connectivity index is 1.81. The van der Waals surface area contributed by atoms with E-state index < -0.39 is 0 Å². The van der Waals surface area contributed by atoms with E-state index in [0.717, 1.165) is 54.1 Å². The molecule has 0 saturated carbocycles. The zero-order valence-electron chi connectivity index (χ0n) is 16.2. The number of fused-ring (bicyclic) bond motifs is 4. The fourth-order valence-electron chi connectivity index (χ4n) is 4.45. The Morgan fingerprint density at radius 3 is 2.33 bits per heavy atom. The molecule has 0 amide bonds.